The van der Waals surface area contributed by atoms with Crippen molar-refractivity contribution in [3.05, 3.63) is 64.2 Å². The highest BCUT2D eigenvalue weighted by molar-refractivity contribution is 6.31. The molecule has 0 heterocycles. The van der Waals surface area contributed by atoms with Gasteiger partial charge in [0.1, 0.15) is 5.75 Å². The third-order valence-corrected chi connectivity index (χ3v) is 4.31. The first kappa shape index (κ1) is 20.6. The van der Waals surface area contributed by atoms with Crippen LogP contribution in [0.1, 0.15) is 37.5 Å². The number of nitrogens with one attached hydrogen (secondary N) is 1. The minimum atomic E-state index is -4.67. The van der Waals surface area contributed by atoms with Gasteiger partial charge in [-0.3, -0.25) is 0 Å². The maximum atomic E-state index is 12.3. The summed E-state index contributed by atoms with van der Waals surface area (Å²) in [7, 11) is 0. The van der Waals surface area contributed by atoms with E-state index in [1.54, 1.807) is 12.1 Å². The van der Waals surface area contributed by atoms with Gasteiger partial charge in [-0.2, -0.15) is 0 Å². The number of ether oxygens (including phenoxy) is 1. The van der Waals surface area contributed by atoms with Gasteiger partial charge in [-0.1, -0.05) is 56.6 Å². The highest BCUT2D eigenvalue weighted by Gasteiger charge is 2.31. The SMILES string of the molecule is CC(C)(C)c1ccc(CNCCc2cccc(OC(F)(F)F)c2)c(Cl)c1. The van der Waals surface area contributed by atoms with E-state index < -0.39 is 6.36 Å². The second kappa shape index (κ2) is 8.31. The van der Waals surface area contributed by atoms with Crippen LogP contribution in [0.15, 0.2) is 42.5 Å². The summed E-state index contributed by atoms with van der Waals surface area (Å²) in [5, 5.41) is 3.98. The first-order chi connectivity index (χ1) is 12.0. The largest absolute Gasteiger partial charge is 0.573 e. The molecular weight excluding hydrogens is 363 g/mol. The van der Waals surface area contributed by atoms with Crippen LogP contribution >= 0.6 is 11.6 Å². The fraction of sp³-hybridized carbons (Fsp3) is 0.400. The number of hydrogen-bond acceptors (Lipinski definition) is 2. The third kappa shape index (κ3) is 6.54. The third-order valence-electron chi connectivity index (χ3n) is 3.96. The van der Waals surface area contributed by atoms with Gasteiger partial charge in [0, 0.05) is 11.6 Å². The number of alkyl halides is 3. The van der Waals surface area contributed by atoms with E-state index in [9.17, 15) is 13.2 Å². The Kier molecular flexibility index (Phi) is 6.58. The predicted molar refractivity (Wildman–Crippen MR) is 98.7 cm³/mol. The van der Waals surface area contributed by atoms with Gasteiger partial charge in [0.05, 0.1) is 0 Å². The Morgan fingerprint density at radius 2 is 1.77 bits per heavy atom. The molecule has 1 N–H and O–H groups in total. The minimum Gasteiger partial charge on any atom is -0.406 e. The first-order valence-electron chi connectivity index (χ1n) is 8.39. The summed E-state index contributed by atoms with van der Waals surface area (Å²) >= 11 is 6.35. The monoisotopic (exact) mass is 385 g/mol. The predicted octanol–water partition coefficient (Wildman–Crippen LogP) is 5.87. The van der Waals surface area contributed by atoms with Crippen molar-refractivity contribution < 1.29 is 17.9 Å². The van der Waals surface area contributed by atoms with Gasteiger partial charge in [0.2, 0.25) is 0 Å². The van der Waals surface area contributed by atoms with Crippen LogP contribution in [0, 0.1) is 0 Å². The molecule has 0 unspecified atom stereocenters. The van der Waals surface area contributed by atoms with Crippen LogP contribution < -0.4 is 10.1 Å². The zero-order valence-corrected chi connectivity index (χ0v) is 15.8. The molecule has 2 rings (SSSR count). The lowest BCUT2D eigenvalue weighted by molar-refractivity contribution is -0.274. The Labute approximate surface area is 157 Å². The number of hydrogen-bond donors (Lipinski definition) is 1. The molecule has 142 valence electrons. The van der Waals surface area contributed by atoms with Crippen molar-refractivity contribution in [2.45, 2.75) is 45.5 Å². The Morgan fingerprint density at radius 1 is 1.04 bits per heavy atom. The van der Waals surface area contributed by atoms with Crippen LogP contribution in [0.2, 0.25) is 5.02 Å². The van der Waals surface area contributed by atoms with E-state index in [2.05, 4.69) is 36.9 Å². The van der Waals surface area contributed by atoms with Crippen molar-refractivity contribution in [2.24, 2.45) is 0 Å². The Morgan fingerprint density at radius 3 is 2.38 bits per heavy atom. The van der Waals surface area contributed by atoms with Gasteiger partial charge >= 0.3 is 6.36 Å². The smallest absolute Gasteiger partial charge is 0.406 e. The normalized spacial score (nSPS) is 12.3. The summed E-state index contributed by atoms with van der Waals surface area (Å²) in [5.74, 6) is -0.198. The Bertz CT molecular complexity index is 739. The van der Waals surface area contributed by atoms with E-state index in [4.69, 9.17) is 11.6 Å². The minimum absolute atomic E-state index is 0.0408. The van der Waals surface area contributed by atoms with Crippen molar-refractivity contribution >= 4 is 11.6 Å². The molecule has 2 aromatic carbocycles. The molecule has 0 saturated heterocycles. The fourth-order valence-corrected chi connectivity index (χ4v) is 2.76. The van der Waals surface area contributed by atoms with Crippen LogP contribution in [0.25, 0.3) is 0 Å². The van der Waals surface area contributed by atoms with Crippen molar-refractivity contribution in [3.63, 3.8) is 0 Å². The molecule has 6 heteroatoms. The molecule has 0 aromatic heterocycles. The van der Waals surface area contributed by atoms with Crippen molar-refractivity contribution in [3.8, 4) is 5.75 Å². The molecule has 0 radical (unpaired) electrons. The second-order valence-corrected chi connectivity index (χ2v) is 7.59. The second-order valence-electron chi connectivity index (χ2n) is 7.18. The average molecular weight is 386 g/mol. The first-order valence-corrected chi connectivity index (χ1v) is 8.77. The molecule has 0 saturated carbocycles. The summed E-state index contributed by atoms with van der Waals surface area (Å²) in [6.07, 6.45) is -4.08. The lowest BCUT2D eigenvalue weighted by atomic mass is 9.86. The van der Waals surface area contributed by atoms with Crippen LogP contribution in [0.5, 0.6) is 5.75 Å². The standard InChI is InChI=1S/C20H23ClF3NO/c1-19(2,3)16-8-7-15(18(21)12-16)13-25-10-9-14-5-4-6-17(11-14)26-20(22,23)24/h4-8,11-12,25H,9-10,13H2,1-3H3. The highest BCUT2D eigenvalue weighted by atomic mass is 35.5. The van der Waals surface area contributed by atoms with Gasteiger partial charge in [-0.15, -0.1) is 13.2 Å². The molecule has 0 aliphatic rings. The summed E-state index contributed by atoms with van der Waals surface area (Å²) in [5.41, 5.74) is 2.98. The summed E-state index contributed by atoms with van der Waals surface area (Å²) in [6, 6.07) is 12.1. The quantitative estimate of drug-likeness (QED) is 0.628. The number of halogens is 4. The molecule has 0 amide bonds. The van der Waals surface area contributed by atoms with E-state index in [1.165, 1.54) is 17.7 Å². The molecular formula is C20H23ClF3NO. The molecule has 0 aliphatic carbocycles. The van der Waals surface area contributed by atoms with Gasteiger partial charge in [0.25, 0.3) is 0 Å². The van der Waals surface area contributed by atoms with Crippen LogP contribution in [0.3, 0.4) is 0 Å². The van der Waals surface area contributed by atoms with Gasteiger partial charge < -0.3 is 10.1 Å². The van der Waals surface area contributed by atoms with Crippen LogP contribution in [-0.2, 0) is 18.4 Å². The van der Waals surface area contributed by atoms with Crippen LogP contribution in [-0.4, -0.2) is 12.9 Å². The summed E-state index contributed by atoms with van der Waals surface area (Å²) < 4.78 is 40.7. The Balaban J connectivity index is 1.87. The van der Waals surface area contributed by atoms with E-state index >= 15 is 0 Å². The molecule has 0 atom stereocenters. The molecule has 26 heavy (non-hydrogen) atoms. The lowest BCUT2D eigenvalue weighted by Gasteiger charge is -2.20. The van der Waals surface area contributed by atoms with Gasteiger partial charge in [-0.05, 0) is 53.3 Å². The van der Waals surface area contributed by atoms with Crippen molar-refractivity contribution in [1.29, 1.82) is 0 Å². The molecule has 0 aliphatic heterocycles. The lowest BCUT2D eigenvalue weighted by Crippen LogP contribution is -2.18. The topological polar surface area (TPSA) is 21.3 Å². The maximum absolute atomic E-state index is 12.3. The van der Waals surface area contributed by atoms with Gasteiger partial charge in [0.15, 0.2) is 0 Å². The van der Waals surface area contributed by atoms with Crippen molar-refractivity contribution in [2.75, 3.05) is 6.54 Å². The maximum Gasteiger partial charge on any atom is 0.573 e. The fourth-order valence-electron chi connectivity index (χ4n) is 2.51. The van der Waals surface area contributed by atoms with Gasteiger partial charge in [-0.25, -0.2) is 0 Å². The molecule has 2 nitrogen and oxygen atoms in total. The Hall–Kier alpha value is -1.72. The molecule has 0 fully saturated rings. The summed E-state index contributed by atoms with van der Waals surface area (Å²) in [4.78, 5) is 0. The van der Waals surface area contributed by atoms with E-state index in [-0.39, 0.29) is 11.2 Å². The zero-order chi connectivity index (χ0) is 19.4. The van der Waals surface area contributed by atoms with Crippen LogP contribution in [0.4, 0.5) is 13.2 Å². The highest BCUT2D eigenvalue weighted by Crippen LogP contribution is 2.27. The zero-order valence-electron chi connectivity index (χ0n) is 15.1. The number of rotatable bonds is 6. The van der Waals surface area contributed by atoms with E-state index in [0.29, 0.717) is 24.5 Å². The van der Waals surface area contributed by atoms with E-state index in [0.717, 1.165) is 11.1 Å². The van der Waals surface area contributed by atoms with E-state index in [1.807, 2.05) is 12.1 Å². The number of benzene rings is 2. The van der Waals surface area contributed by atoms with Crippen molar-refractivity contribution in [1.82, 2.24) is 5.32 Å². The molecule has 2 aromatic rings. The molecule has 0 bridgehead atoms. The average Bonchev–Trinajstić information content (AvgIpc) is 2.50. The summed E-state index contributed by atoms with van der Waals surface area (Å²) in [6.45, 7) is 7.61. The molecule has 0 spiro atoms.